The number of benzene rings is 1. The van der Waals surface area contributed by atoms with Gasteiger partial charge in [-0.05, 0) is 19.1 Å². The zero-order valence-electron chi connectivity index (χ0n) is 11.0. The van der Waals surface area contributed by atoms with Gasteiger partial charge in [0.2, 0.25) is 0 Å². The SMILES string of the molecule is CCOC(=O)c1sc(-c2cc(Cl)cc([N+](=O)[O-])c2)cc1N. The van der Waals surface area contributed by atoms with E-state index in [2.05, 4.69) is 0 Å². The van der Waals surface area contributed by atoms with Crippen LogP contribution >= 0.6 is 22.9 Å². The third-order valence-corrected chi connectivity index (χ3v) is 4.00. The Morgan fingerprint density at radius 1 is 1.43 bits per heavy atom. The van der Waals surface area contributed by atoms with Crippen LogP contribution in [0, 0.1) is 10.1 Å². The maximum absolute atomic E-state index is 11.7. The summed E-state index contributed by atoms with van der Waals surface area (Å²) < 4.78 is 4.90. The standard InChI is InChI=1S/C13H11ClN2O4S/c1-2-20-13(17)12-10(15)6-11(21-12)7-3-8(14)5-9(4-7)16(18)19/h3-6H,2,15H2,1H3. The lowest BCUT2D eigenvalue weighted by atomic mass is 10.1. The highest BCUT2D eigenvalue weighted by atomic mass is 35.5. The highest BCUT2D eigenvalue weighted by Crippen LogP contribution is 2.36. The largest absolute Gasteiger partial charge is 0.462 e. The molecule has 0 aliphatic carbocycles. The zero-order chi connectivity index (χ0) is 15.6. The maximum Gasteiger partial charge on any atom is 0.350 e. The van der Waals surface area contributed by atoms with Gasteiger partial charge in [0.1, 0.15) is 4.88 Å². The van der Waals surface area contributed by atoms with E-state index in [0.717, 1.165) is 11.3 Å². The van der Waals surface area contributed by atoms with E-state index in [1.165, 1.54) is 12.1 Å². The second-order valence-electron chi connectivity index (χ2n) is 4.07. The number of nitrogen functional groups attached to an aromatic ring is 1. The fourth-order valence-corrected chi connectivity index (χ4v) is 2.92. The zero-order valence-corrected chi connectivity index (χ0v) is 12.5. The van der Waals surface area contributed by atoms with Crippen molar-refractivity contribution in [1.82, 2.24) is 0 Å². The van der Waals surface area contributed by atoms with Crippen LogP contribution in [0.15, 0.2) is 24.3 Å². The fourth-order valence-electron chi connectivity index (χ4n) is 1.73. The van der Waals surface area contributed by atoms with E-state index in [1.54, 1.807) is 19.1 Å². The number of thiophene rings is 1. The van der Waals surface area contributed by atoms with Gasteiger partial charge >= 0.3 is 5.97 Å². The van der Waals surface area contributed by atoms with Crippen molar-refractivity contribution in [2.24, 2.45) is 0 Å². The van der Waals surface area contributed by atoms with Crippen LogP contribution in [-0.4, -0.2) is 17.5 Å². The van der Waals surface area contributed by atoms with E-state index in [0.29, 0.717) is 10.4 Å². The molecule has 0 amide bonds. The number of anilines is 1. The van der Waals surface area contributed by atoms with Gasteiger partial charge in [-0.1, -0.05) is 11.6 Å². The Morgan fingerprint density at radius 3 is 2.76 bits per heavy atom. The third kappa shape index (κ3) is 3.32. The number of carbonyl (C=O) groups is 1. The number of halogens is 1. The second-order valence-corrected chi connectivity index (χ2v) is 5.56. The summed E-state index contributed by atoms with van der Waals surface area (Å²) in [5, 5.41) is 11.1. The Bertz CT molecular complexity index is 714. The Hall–Kier alpha value is -2.12. The predicted octanol–water partition coefficient (Wildman–Crippen LogP) is 3.74. The van der Waals surface area contributed by atoms with Gasteiger partial charge in [-0.25, -0.2) is 4.79 Å². The Labute approximate surface area is 129 Å². The van der Waals surface area contributed by atoms with E-state index in [9.17, 15) is 14.9 Å². The van der Waals surface area contributed by atoms with E-state index in [4.69, 9.17) is 22.1 Å². The van der Waals surface area contributed by atoms with Crippen LogP contribution in [0.3, 0.4) is 0 Å². The Morgan fingerprint density at radius 2 is 2.14 bits per heavy atom. The molecule has 6 nitrogen and oxygen atoms in total. The first-order valence-corrected chi connectivity index (χ1v) is 7.13. The van der Waals surface area contributed by atoms with Gasteiger partial charge < -0.3 is 10.5 Å². The molecule has 110 valence electrons. The molecule has 0 bridgehead atoms. The third-order valence-electron chi connectivity index (χ3n) is 2.60. The summed E-state index contributed by atoms with van der Waals surface area (Å²) in [6, 6.07) is 5.79. The van der Waals surface area contributed by atoms with Crippen LogP contribution in [0.2, 0.25) is 5.02 Å². The lowest BCUT2D eigenvalue weighted by Gasteiger charge is -2.00. The average molecular weight is 327 g/mol. The monoisotopic (exact) mass is 326 g/mol. The fraction of sp³-hybridized carbons (Fsp3) is 0.154. The summed E-state index contributed by atoms with van der Waals surface area (Å²) in [4.78, 5) is 22.9. The number of nitrogens with two attached hydrogens (primary N) is 1. The number of hydrogen-bond acceptors (Lipinski definition) is 6. The Balaban J connectivity index is 2.46. The van der Waals surface area contributed by atoms with Crippen molar-refractivity contribution in [2.75, 3.05) is 12.3 Å². The van der Waals surface area contributed by atoms with Gasteiger partial charge in [-0.3, -0.25) is 10.1 Å². The van der Waals surface area contributed by atoms with Crippen molar-refractivity contribution in [3.63, 3.8) is 0 Å². The lowest BCUT2D eigenvalue weighted by Crippen LogP contribution is -2.04. The minimum atomic E-state index is -0.529. The Kier molecular flexibility index (Phi) is 4.44. The van der Waals surface area contributed by atoms with Crippen molar-refractivity contribution in [1.29, 1.82) is 0 Å². The van der Waals surface area contributed by atoms with Gasteiger partial charge in [0.15, 0.2) is 0 Å². The molecule has 0 fully saturated rings. The lowest BCUT2D eigenvalue weighted by molar-refractivity contribution is -0.384. The van der Waals surface area contributed by atoms with Crippen molar-refractivity contribution in [3.05, 3.63) is 44.3 Å². The van der Waals surface area contributed by atoms with E-state index >= 15 is 0 Å². The van der Waals surface area contributed by atoms with Gasteiger partial charge in [0.25, 0.3) is 5.69 Å². The maximum atomic E-state index is 11.7. The number of carbonyl (C=O) groups excluding carboxylic acids is 1. The van der Waals surface area contributed by atoms with Crippen molar-refractivity contribution < 1.29 is 14.5 Å². The minimum Gasteiger partial charge on any atom is -0.462 e. The molecular weight excluding hydrogens is 316 g/mol. The highest BCUT2D eigenvalue weighted by molar-refractivity contribution is 7.18. The molecule has 0 saturated carbocycles. The molecule has 2 N–H and O–H groups in total. The van der Waals surface area contributed by atoms with Crippen LogP contribution in [0.1, 0.15) is 16.6 Å². The molecule has 21 heavy (non-hydrogen) atoms. The molecule has 1 aromatic carbocycles. The molecule has 0 radical (unpaired) electrons. The van der Waals surface area contributed by atoms with Crippen molar-refractivity contribution in [2.45, 2.75) is 6.92 Å². The first-order chi connectivity index (χ1) is 9.92. The van der Waals surface area contributed by atoms with Gasteiger partial charge in [0.05, 0.1) is 17.2 Å². The van der Waals surface area contributed by atoms with Gasteiger partial charge in [-0.15, -0.1) is 11.3 Å². The topological polar surface area (TPSA) is 95.5 Å². The summed E-state index contributed by atoms with van der Waals surface area (Å²) in [6.45, 7) is 1.94. The number of non-ortho nitro benzene ring substituents is 1. The van der Waals surface area contributed by atoms with E-state index in [-0.39, 0.29) is 27.9 Å². The molecule has 0 atom stereocenters. The van der Waals surface area contributed by atoms with Crippen molar-refractivity contribution >= 4 is 40.3 Å². The van der Waals surface area contributed by atoms with E-state index in [1.807, 2.05) is 0 Å². The predicted molar refractivity (Wildman–Crippen MR) is 81.8 cm³/mol. The number of hydrogen-bond donors (Lipinski definition) is 1. The van der Waals surface area contributed by atoms with Gasteiger partial charge in [-0.2, -0.15) is 0 Å². The molecule has 1 aromatic heterocycles. The summed E-state index contributed by atoms with van der Waals surface area (Å²) in [5.41, 5.74) is 6.47. The molecule has 0 aliphatic heterocycles. The molecule has 0 saturated heterocycles. The van der Waals surface area contributed by atoms with Crippen LogP contribution in [0.25, 0.3) is 10.4 Å². The molecule has 2 aromatic rings. The van der Waals surface area contributed by atoms with Gasteiger partial charge in [0, 0.05) is 27.6 Å². The summed E-state index contributed by atoms with van der Waals surface area (Å²) in [6.07, 6.45) is 0. The number of nitro groups is 1. The first kappa shape index (κ1) is 15.3. The van der Waals surface area contributed by atoms with E-state index < -0.39 is 10.9 Å². The number of esters is 1. The van der Waals surface area contributed by atoms with Crippen LogP contribution in [0.4, 0.5) is 11.4 Å². The molecule has 0 aliphatic rings. The number of nitro benzene ring substituents is 1. The number of nitrogens with zero attached hydrogens (tertiary/aromatic N) is 1. The average Bonchev–Trinajstić information content (AvgIpc) is 2.80. The van der Waals surface area contributed by atoms with Crippen LogP contribution in [-0.2, 0) is 4.74 Å². The van der Waals surface area contributed by atoms with Crippen LogP contribution < -0.4 is 5.73 Å². The number of rotatable bonds is 4. The number of ether oxygens (including phenoxy) is 1. The first-order valence-electron chi connectivity index (χ1n) is 5.94. The smallest absolute Gasteiger partial charge is 0.350 e. The van der Waals surface area contributed by atoms with Crippen LogP contribution in [0.5, 0.6) is 0 Å². The van der Waals surface area contributed by atoms with Crippen molar-refractivity contribution in [3.8, 4) is 10.4 Å². The summed E-state index contributed by atoms with van der Waals surface area (Å²) in [5.74, 6) is -0.511. The molecule has 0 spiro atoms. The molecule has 2 rings (SSSR count). The molecule has 8 heteroatoms. The molecular formula is C13H11ClN2O4S. The molecule has 0 unspecified atom stereocenters. The quantitative estimate of drug-likeness (QED) is 0.524. The highest BCUT2D eigenvalue weighted by Gasteiger charge is 2.18. The molecule has 1 heterocycles. The normalized spacial score (nSPS) is 10.4. The minimum absolute atomic E-state index is 0.123. The second kappa shape index (κ2) is 6.11. The summed E-state index contributed by atoms with van der Waals surface area (Å²) in [7, 11) is 0. The summed E-state index contributed by atoms with van der Waals surface area (Å²) >= 11 is 6.99.